The molecule has 2 N–H and O–H groups in total. The number of rotatable bonds is 7. The van der Waals surface area contributed by atoms with Gasteiger partial charge < -0.3 is 15.4 Å². The molecule has 0 unspecified atom stereocenters. The zero-order valence-electron chi connectivity index (χ0n) is 13.8. The Balaban J connectivity index is 1.83. The molecule has 0 saturated carbocycles. The van der Waals surface area contributed by atoms with E-state index in [1.165, 1.54) is 5.56 Å². The lowest BCUT2D eigenvalue weighted by Gasteiger charge is -2.22. The number of para-hydroxylation sites is 3. The molecule has 0 bridgehead atoms. The number of hydrogen-bond donors (Lipinski definition) is 2. The molecule has 0 spiro atoms. The van der Waals surface area contributed by atoms with E-state index in [2.05, 4.69) is 47.0 Å². The molecule has 3 aromatic rings. The first-order valence-corrected chi connectivity index (χ1v) is 8.08. The van der Waals surface area contributed by atoms with Crippen LogP contribution < -0.4 is 10.6 Å². The molecule has 0 radical (unpaired) electrons. The van der Waals surface area contributed by atoms with E-state index in [0.717, 1.165) is 17.1 Å². The number of nitrogens with one attached hydrogen (secondary N) is 2. The number of anilines is 3. The lowest BCUT2D eigenvalue weighted by atomic mass is 10.1. The second-order valence-corrected chi connectivity index (χ2v) is 5.60. The third-order valence-electron chi connectivity index (χ3n) is 3.84. The number of ether oxygens (including phenoxy) is 1. The first kappa shape index (κ1) is 16.1. The summed E-state index contributed by atoms with van der Waals surface area (Å²) in [4.78, 5) is 0. The molecule has 3 nitrogen and oxygen atoms in total. The third kappa shape index (κ3) is 4.15. The Labute approximate surface area is 143 Å². The van der Waals surface area contributed by atoms with Crippen molar-refractivity contribution in [2.24, 2.45) is 0 Å². The molecule has 0 aliphatic rings. The fraction of sp³-hybridized carbons (Fsp3) is 0.143. The summed E-state index contributed by atoms with van der Waals surface area (Å²) in [6, 6.07) is 28.8. The normalized spacial score (nSPS) is 11.7. The fourth-order valence-corrected chi connectivity index (χ4v) is 2.66. The lowest BCUT2D eigenvalue weighted by molar-refractivity contribution is 0.186. The van der Waals surface area contributed by atoms with Crippen molar-refractivity contribution >= 4 is 17.1 Å². The molecule has 0 aliphatic heterocycles. The Morgan fingerprint density at radius 3 is 2.00 bits per heavy atom. The van der Waals surface area contributed by atoms with Crippen LogP contribution in [0.5, 0.6) is 0 Å². The maximum atomic E-state index is 5.41. The predicted octanol–water partition coefficient (Wildman–Crippen LogP) is 5.23. The van der Waals surface area contributed by atoms with Gasteiger partial charge in [-0.05, 0) is 29.8 Å². The molecule has 3 aromatic carbocycles. The van der Waals surface area contributed by atoms with Gasteiger partial charge in [0.25, 0.3) is 0 Å². The van der Waals surface area contributed by atoms with Crippen molar-refractivity contribution in [1.29, 1.82) is 0 Å². The Morgan fingerprint density at radius 2 is 1.33 bits per heavy atom. The Morgan fingerprint density at radius 1 is 0.750 bits per heavy atom. The topological polar surface area (TPSA) is 33.3 Å². The Hall–Kier alpha value is -2.78. The van der Waals surface area contributed by atoms with E-state index in [0.29, 0.717) is 6.61 Å². The minimum atomic E-state index is 0.0925. The summed E-state index contributed by atoms with van der Waals surface area (Å²) < 4.78 is 5.41. The van der Waals surface area contributed by atoms with E-state index in [-0.39, 0.29) is 6.04 Å². The summed E-state index contributed by atoms with van der Waals surface area (Å²) in [5.74, 6) is 0. The van der Waals surface area contributed by atoms with Gasteiger partial charge in [0.2, 0.25) is 0 Å². The molecule has 0 aromatic heterocycles. The van der Waals surface area contributed by atoms with Crippen molar-refractivity contribution in [2.75, 3.05) is 24.4 Å². The maximum absolute atomic E-state index is 5.41. The van der Waals surface area contributed by atoms with E-state index in [1.807, 2.05) is 48.5 Å². The van der Waals surface area contributed by atoms with Gasteiger partial charge in [0.15, 0.2) is 0 Å². The van der Waals surface area contributed by atoms with Crippen LogP contribution in [0.1, 0.15) is 11.6 Å². The molecule has 122 valence electrons. The number of methoxy groups -OCH3 is 1. The standard InChI is InChI=1S/C21H22N2O/c1-24-16-21(17-10-4-2-5-11-17)23-20-15-9-8-14-19(20)22-18-12-6-3-7-13-18/h2-15,21-23H,16H2,1H3/t21-/m0/s1. The van der Waals surface area contributed by atoms with Crippen LogP contribution in [0.2, 0.25) is 0 Å². The molecule has 1 atom stereocenters. The van der Waals surface area contributed by atoms with Crippen molar-refractivity contribution < 1.29 is 4.74 Å². The van der Waals surface area contributed by atoms with Crippen LogP contribution in [0.4, 0.5) is 17.1 Å². The van der Waals surface area contributed by atoms with E-state index in [4.69, 9.17) is 4.74 Å². The van der Waals surface area contributed by atoms with Crippen molar-refractivity contribution in [1.82, 2.24) is 0 Å². The second-order valence-electron chi connectivity index (χ2n) is 5.60. The van der Waals surface area contributed by atoms with Gasteiger partial charge in [-0.15, -0.1) is 0 Å². The number of benzene rings is 3. The summed E-state index contributed by atoms with van der Waals surface area (Å²) in [6.07, 6.45) is 0. The summed E-state index contributed by atoms with van der Waals surface area (Å²) in [7, 11) is 1.73. The van der Waals surface area contributed by atoms with Crippen LogP contribution in [-0.4, -0.2) is 13.7 Å². The first-order chi connectivity index (χ1) is 11.9. The van der Waals surface area contributed by atoms with Crippen molar-refractivity contribution in [3.05, 3.63) is 90.5 Å². The summed E-state index contributed by atoms with van der Waals surface area (Å²) in [5.41, 5.74) is 4.36. The van der Waals surface area contributed by atoms with Gasteiger partial charge in [-0.1, -0.05) is 60.7 Å². The molecule has 0 amide bonds. The highest BCUT2D eigenvalue weighted by molar-refractivity contribution is 5.74. The highest BCUT2D eigenvalue weighted by Crippen LogP contribution is 2.29. The van der Waals surface area contributed by atoms with Gasteiger partial charge in [0.1, 0.15) is 0 Å². The van der Waals surface area contributed by atoms with Crippen LogP contribution in [0.3, 0.4) is 0 Å². The summed E-state index contributed by atoms with van der Waals surface area (Å²) in [5, 5.41) is 7.07. The minimum Gasteiger partial charge on any atom is -0.382 e. The zero-order chi connectivity index (χ0) is 16.6. The van der Waals surface area contributed by atoms with Gasteiger partial charge in [0.05, 0.1) is 24.0 Å². The van der Waals surface area contributed by atoms with E-state index in [9.17, 15) is 0 Å². The highest BCUT2D eigenvalue weighted by atomic mass is 16.5. The third-order valence-corrected chi connectivity index (χ3v) is 3.84. The Bertz CT molecular complexity index is 744. The smallest absolute Gasteiger partial charge is 0.0748 e. The zero-order valence-corrected chi connectivity index (χ0v) is 13.8. The van der Waals surface area contributed by atoms with Crippen LogP contribution in [0.15, 0.2) is 84.9 Å². The fourth-order valence-electron chi connectivity index (χ4n) is 2.66. The van der Waals surface area contributed by atoms with E-state index >= 15 is 0 Å². The van der Waals surface area contributed by atoms with Crippen LogP contribution in [0.25, 0.3) is 0 Å². The molecule has 0 saturated heterocycles. The van der Waals surface area contributed by atoms with E-state index < -0.39 is 0 Å². The van der Waals surface area contributed by atoms with Crippen LogP contribution in [0, 0.1) is 0 Å². The minimum absolute atomic E-state index is 0.0925. The first-order valence-electron chi connectivity index (χ1n) is 8.08. The SMILES string of the molecule is COC[C@H](Nc1ccccc1Nc1ccccc1)c1ccccc1. The van der Waals surface area contributed by atoms with E-state index in [1.54, 1.807) is 7.11 Å². The molecule has 24 heavy (non-hydrogen) atoms. The predicted molar refractivity (Wildman–Crippen MR) is 101 cm³/mol. The van der Waals surface area contributed by atoms with Gasteiger partial charge in [0, 0.05) is 12.8 Å². The average Bonchev–Trinajstić information content (AvgIpc) is 2.64. The van der Waals surface area contributed by atoms with Gasteiger partial charge in [-0.25, -0.2) is 0 Å². The van der Waals surface area contributed by atoms with Crippen molar-refractivity contribution in [3.8, 4) is 0 Å². The van der Waals surface area contributed by atoms with Crippen molar-refractivity contribution in [3.63, 3.8) is 0 Å². The van der Waals surface area contributed by atoms with Gasteiger partial charge >= 0.3 is 0 Å². The quantitative estimate of drug-likeness (QED) is 0.626. The molecule has 3 heteroatoms. The van der Waals surface area contributed by atoms with Gasteiger partial charge in [-0.3, -0.25) is 0 Å². The second kappa shape index (κ2) is 8.18. The molecular weight excluding hydrogens is 296 g/mol. The molecule has 0 aliphatic carbocycles. The summed E-state index contributed by atoms with van der Waals surface area (Å²) >= 11 is 0. The molecular formula is C21H22N2O. The average molecular weight is 318 g/mol. The largest absolute Gasteiger partial charge is 0.382 e. The highest BCUT2D eigenvalue weighted by Gasteiger charge is 2.12. The summed E-state index contributed by atoms with van der Waals surface area (Å²) in [6.45, 7) is 0.601. The lowest BCUT2D eigenvalue weighted by Crippen LogP contribution is -2.16. The molecule has 3 rings (SSSR count). The van der Waals surface area contributed by atoms with Crippen molar-refractivity contribution in [2.45, 2.75) is 6.04 Å². The number of hydrogen-bond acceptors (Lipinski definition) is 3. The van der Waals surface area contributed by atoms with Gasteiger partial charge in [-0.2, -0.15) is 0 Å². The van der Waals surface area contributed by atoms with Crippen LogP contribution >= 0.6 is 0 Å². The monoisotopic (exact) mass is 318 g/mol. The molecule has 0 fully saturated rings. The Kier molecular flexibility index (Phi) is 5.48. The van der Waals surface area contributed by atoms with Crippen LogP contribution in [-0.2, 0) is 4.74 Å². The maximum Gasteiger partial charge on any atom is 0.0748 e. The molecule has 0 heterocycles.